The molecule has 0 saturated heterocycles. The fourth-order valence-electron chi connectivity index (χ4n) is 3.96. The average Bonchev–Trinajstić information content (AvgIpc) is 3.00. The summed E-state index contributed by atoms with van der Waals surface area (Å²) in [4.78, 5) is 16.2. The molecule has 10 heteroatoms. The van der Waals surface area contributed by atoms with Gasteiger partial charge in [0.25, 0.3) is 5.91 Å². The molecule has 1 aliphatic carbocycles. The first-order chi connectivity index (χ1) is 14.2. The molecule has 2 N–H and O–H groups in total. The lowest BCUT2D eigenvalue weighted by atomic mass is 9.83. The second-order valence-electron chi connectivity index (χ2n) is 8.98. The third-order valence-corrected chi connectivity index (χ3v) is 5.53. The molecule has 31 heavy (non-hydrogen) atoms. The van der Waals surface area contributed by atoms with E-state index in [0.717, 1.165) is 0 Å². The standard InChI is InChI=1S/C21H26F5N3O2/c1-12-8-14(18(30)27-11-19(2,3)31)10-16-28-17(21(24,25)26)15(29(12)16)9-13-4-6-20(22,23)7-5-13/h8,10,13,31H,4-7,9,11H2,1-3H3,(H,27,30). The number of alkyl halides is 5. The molecule has 0 spiro atoms. The zero-order chi connectivity index (χ0) is 23.2. The number of aliphatic hydroxyl groups is 1. The van der Waals surface area contributed by atoms with Crippen LogP contribution >= 0.6 is 0 Å². The molecule has 3 rings (SSSR count). The predicted octanol–water partition coefficient (Wildman–Crippen LogP) is 4.53. The molecular formula is C21H26F5N3O2. The molecule has 5 nitrogen and oxygen atoms in total. The molecule has 0 aromatic carbocycles. The molecule has 2 aromatic heterocycles. The largest absolute Gasteiger partial charge is 0.435 e. The van der Waals surface area contributed by atoms with Crippen LogP contribution in [0.3, 0.4) is 0 Å². The van der Waals surface area contributed by atoms with E-state index < -0.39 is 29.3 Å². The maximum Gasteiger partial charge on any atom is 0.435 e. The first kappa shape index (κ1) is 23.4. The van der Waals surface area contributed by atoms with Crippen LogP contribution in [0.1, 0.15) is 67.0 Å². The highest BCUT2D eigenvalue weighted by molar-refractivity contribution is 5.95. The number of aromatic nitrogens is 2. The smallest absolute Gasteiger partial charge is 0.389 e. The SMILES string of the molecule is Cc1cc(C(=O)NCC(C)(C)O)cc2nc(C(F)(F)F)c(CC3CCC(F)(F)CC3)n12. The van der Waals surface area contributed by atoms with Crippen LogP contribution in [0.4, 0.5) is 22.0 Å². The minimum Gasteiger partial charge on any atom is -0.389 e. The summed E-state index contributed by atoms with van der Waals surface area (Å²) >= 11 is 0. The Morgan fingerprint density at radius 1 is 1.26 bits per heavy atom. The second kappa shape index (κ2) is 8.03. The van der Waals surface area contributed by atoms with Crippen LogP contribution in [0.15, 0.2) is 12.1 Å². The lowest BCUT2D eigenvalue weighted by Gasteiger charge is -2.28. The van der Waals surface area contributed by atoms with E-state index in [9.17, 15) is 31.9 Å². The number of nitrogens with zero attached hydrogens (tertiary/aromatic N) is 2. The van der Waals surface area contributed by atoms with Gasteiger partial charge in [0, 0.05) is 30.6 Å². The number of nitrogens with one attached hydrogen (secondary N) is 1. The van der Waals surface area contributed by atoms with Crippen molar-refractivity contribution in [2.45, 2.75) is 70.6 Å². The Hall–Kier alpha value is -2.23. The topological polar surface area (TPSA) is 66.6 Å². The Bertz CT molecular complexity index is 966. The van der Waals surface area contributed by atoms with Crippen LogP contribution < -0.4 is 5.32 Å². The Balaban J connectivity index is 1.96. The monoisotopic (exact) mass is 447 g/mol. The summed E-state index contributed by atoms with van der Waals surface area (Å²) in [5.41, 5.74) is -1.80. The third-order valence-electron chi connectivity index (χ3n) is 5.53. The number of imidazole rings is 1. The molecule has 1 aliphatic rings. The Labute approximate surface area is 176 Å². The molecule has 0 bridgehead atoms. The van der Waals surface area contributed by atoms with Crippen molar-refractivity contribution in [1.82, 2.24) is 14.7 Å². The first-order valence-electron chi connectivity index (χ1n) is 10.1. The van der Waals surface area contributed by atoms with Gasteiger partial charge in [0.2, 0.25) is 5.92 Å². The lowest BCUT2D eigenvalue weighted by Crippen LogP contribution is -2.38. The van der Waals surface area contributed by atoms with Gasteiger partial charge in [0.1, 0.15) is 5.65 Å². The van der Waals surface area contributed by atoms with Gasteiger partial charge in [0.15, 0.2) is 5.69 Å². The van der Waals surface area contributed by atoms with Gasteiger partial charge < -0.3 is 14.8 Å². The third kappa shape index (κ3) is 5.53. The lowest BCUT2D eigenvalue weighted by molar-refractivity contribution is -0.141. The molecule has 2 aromatic rings. The number of amides is 1. The van der Waals surface area contributed by atoms with Gasteiger partial charge in [-0.2, -0.15) is 13.2 Å². The molecule has 0 unspecified atom stereocenters. The van der Waals surface area contributed by atoms with Crippen molar-refractivity contribution in [2.75, 3.05) is 6.54 Å². The summed E-state index contributed by atoms with van der Waals surface area (Å²) in [6.45, 7) is 4.56. The highest BCUT2D eigenvalue weighted by Gasteiger charge is 2.40. The summed E-state index contributed by atoms with van der Waals surface area (Å²) in [7, 11) is 0. The van der Waals surface area contributed by atoms with Gasteiger partial charge in [0.05, 0.1) is 11.3 Å². The Morgan fingerprint density at radius 2 is 1.87 bits per heavy atom. The summed E-state index contributed by atoms with van der Waals surface area (Å²) < 4.78 is 69.4. The van der Waals surface area contributed by atoms with Crippen molar-refractivity contribution in [3.8, 4) is 0 Å². The van der Waals surface area contributed by atoms with Crippen LogP contribution in [-0.4, -0.2) is 38.5 Å². The average molecular weight is 447 g/mol. The second-order valence-corrected chi connectivity index (χ2v) is 8.98. The van der Waals surface area contributed by atoms with E-state index in [1.54, 1.807) is 6.92 Å². The number of halogens is 5. The van der Waals surface area contributed by atoms with Gasteiger partial charge >= 0.3 is 6.18 Å². The van der Waals surface area contributed by atoms with Gasteiger partial charge in [-0.3, -0.25) is 4.79 Å². The number of hydrogen-bond acceptors (Lipinski definition) is 3. The van der Waals surface area contributed by atoms with Gasteiger partial charge in [-0.1, -0.05) is 0 Å². The molecule has 1 amide bonds. The Kier molecular flexibility index (Phi) is 6.07. The first-order valence-corrected chi connectivity index (χ1v) is 10.1. The maximum atomic E-state index is 13.7. The molecule has 2 heterocycles. The minimum atomic E-state index is -4.71. The quantitative estimate of drug-likeness (QED) is 0.662. The van der Waals surface area contributed by atoms with E-state index in [2.05, 4.69) is 10.3 Å². The number of aryl methyl sites for hydroxylation is 1. The van der Waals surface area contributed by atoms with E-state index in [0.29, 0.717) is 5.69 Å². The van der Waals surface area contributed by atoms with E-state index in [1.807, 2.05) is 0 Å². The van der Waals surface area contributed by atoms with Gasteiger partial charge in [-0.25, -0.2) is 13.8 Å². The molecule has 0 atom stereocenters. The molecular weight excluding hydrogens is 421 g/mol. The number of hydrogen-bond donors (Lipinski definition) is 2. The molecule has 1 saturated carbocycles. The normalized spacial score (nSPS) is 17.8. The van der Waals surface area contributed by atoms with E-state index in [4.69, 9.17) is 0 Å². The van der Waals surface area contributed by atoms with E-state index in [-0.39, 0.29) is 61.5 Å². The van der Waals surface area contributed by atoms with Crippen LogP contribution in [0.5, 0.6) is 0 Å². The van der Waals surface area contributed by atoms with Crippen LogP contribution in [0.25, 0.3) is 5.65 Å². The summed E-state index contributed by atoms with van der Waals surface area (Å²) in [5, 5.41) is 12.3. The molecule has 0 radical (unpaired) electrons. The van der Waals surface area contributed by atoms with Crippen molar-refractivity contribution < 1.29 is 31.9 Å². The zero-order valence-electron chi connectivity index (χ0n) is 17.6. The highest BCUT2D eigenvalue weighted by atomic mass is 19.4. The number of fused-ring (bicyclic) bond motifs is 1. The Morgan fingerprint density at radius 3 is 2.42 bits per heavy atom. The maximum absolute atomic E-state index is 13.7. The predicted molar refractivity (Wildman–Crippen MR) is 104 cm³/mol. The summed E-state index contributed by atoms with van der Waals surface area (Å²) in [6, 6.07) is 2.72. The molecule has 0 aliphatic heterocycles. The van der Waals surface area contributed by atoms with Crippen molar-refractivity contribution in [2.24, 2.45) is 5.92 Å². The summed E-state index contributed by atoms with van der Waals surface area (Å²) in [6.07, 6.45) is -5.10. The van der Waals surface area contributed by atoms with Crippen molar-refractivity contribution in [3.05, 3.63) is 34.8 Å². The fraction of sp³-hybridized carbons (Fsp3) is 0.619. The highest BCUT2D eigenvalue weighted by Crippen LogP contribution is 2.40. The van der Waals surface area contributed by atoms with Gasteiger partial charge in [-0.05, 0) is 58.1 Å². The van der Waals surface area contributed by atoms with Crippen LogP contribution in [0, 0.1) is 12.8 Å². The summed E-state index contributed by atoms with van der Waals surface area (Å²) in [5.74, 6) is -3.60. The van der Waals surface area contributed by atoms with Crippen LogP contribution in [0.2, 0.25) is 0 Å². The number of carbonyl (C=O) groups excluding carboxylic acids is 1. The van der Waals surface area contributed by atoms with Gasteiger partial charge in [-0.15, -0.1) is 0 Å². The number of pyridine rings is 1. The number of carbonyl (C=O) groups is 1. The van der Waals surface area contributed by atoms with E-state index >= 15 is 0 Å². The molecule has 172 valence electrons. The van der Waals surface area contributed by atoms with Crippen molar-refractivity contribution in [1.29, 1.82) is 0 Å². The molecule has 1 fully saturated rings. The van der Waals surface area contributed by atoms with Crippen LogP contribution in [-0.2, 0) is 12.6 Å². The zero-order valence-corrected chi connectivity index (χ0v) is 17.6. The van der Waals surface area contributed by atoms with E-state index in [1.165, 1.54) is 30.4 Å². The number of rotatable bonds is 5. The minimum absolute atomic E-state index is 0.0167. The van der Waals surface area contributed by atoms with Crippen molar-refractivity contribution >= 4 is 11.6 Å². The fourth-order valence-corrected chi connectivity index (χ4v) is 3.96. The van der Waals surface area contributed by atoms with Crippen molar-refractivity contribution in [3.63, 3.8) is 0 Å².